The van der Waals surface area contributed by atoms with Gasteiger partial charge in [0.1, 0.15) is 21.7 Å². The highest BCUT2D eigenvalue weighted by atomic mass is 32.2. The summed E-state index contributed by atoms with van der Waals surface area (Å²) in [5.41, 5.74) is 1.68. The number of aryl methyl sites for hydroxylation is 1. The summed E-state index contributed by atoms with van der Waals surface area (Å²) >= 11 is 6.93. The van der Waals surface area contributed by atoms with Gasteiger partial charge < -0.3 is 9.52 Å². The second-order valence-electron chi connectivity index (χ2n) is 8.63. The first kappa shape index (κ1) is 20.9. The highest BCUT2D eigenvalue weighted by Crippen LogP contribution is 2.49. The maximum atomic E-state index is 13.3. The molecule has 1 N–H and O–H groups in total. The van der Waals surface area contributed by atoms with E-state index in [4.69, 9.17) is 16.6 Å². The van der Waals surface area contributed by atoms with Gasteiger partial charge in [0.2, 0.25) is 0 Å². The van der Waals surface area contributed by atoms with Crippen molar-refractivity contribution < 1.29 is 18.7 Å². The first-order chi connectivity index (χ1) is 15.0. The van der Waals surface area contributed by atoms with Crippen LogP contribution in [0.1, 0.15) is 43.4 Å². The summed E-state index contributed by atoms with van der Waals surface area (Å²) in [7, 11) is 0. The Kier molecular flexibility index (Phi) is 5.75. The molecule has 1 aromatic heterocycles. The molecular formula is C24H24FNO3S2. The maximum absolute atomic E-state index is 13.3. The third kappa shape index (κ3) is 3.99. The van der Waals surface area contributed by atoms with E-state index in [9.17, 15) is 14.3 Å². The zero-order chi connectivity index (χ0) is 21.5. The molecule has 1 amide bonds. The lowest BCUT2D eigenvalue weighted by atomic mass is 9.94. The third-order valence-electron chi connectivity index (χ3n) is 6.69. The van der Waals surface area contributed by atoms with Crippen molar-refractivity contribution >= 4 is 40.3 Å². The molecule has 3 fully saturated rings. The minimum Gasteiger partial charge on any atom is -0.456 e. The van der Waals surface area contributed by atoms with Crippen LogP contribution in [0.25, 0.3) is 17.4 Å². The lowest BCUT2D eigenvalue weighted by molar-refractivity contribution is -0.124. The molecular weight excluding hydrogens is 433 g/mol. The Morgan fingerprint density at radius 1 is 1.26 bits per heavy atom. The topological polar surface area (TPSA) is 53.7 Å². The Labute approximate surface area is 190 Å². The maximum Gasteiger partial charge on any atom is 0.266 e. The Morgan fingerprint density at radius 3 is 2.74 bits per heavy atom. The van der Waals surface area contributed by atoms with Crippen molar-refractivity contribution in [2.75, 3.05) is 6.61 Å². The summed E-state index contributed by atoms with van der Waals surface area (Å²) in [6.07, 6.45) is 7.74. The summed E-state index contributed by atoms with van der Waals surface area (Å²) in [4.78, 5) is 15.7. The van der Waals surface area contributed by atoms with Crippen LogP contribution < -0.4 is 0 Å². The van der Waals surface area contributed by atoms with Crippen molar-refractivity contribution in [1.29, 1.82) is 0 Å². The van der Waals surface area contributed by atoms with Gasteiger partial charge >= 0.3 is 0 Å². The third-order valence-corrected chi connectivity index (χ3v) is 8.02. The lowest BCUT2D eigenvalue weighted by Gasteiger charge is -2.30. The van der Waals surface area contributed by atoms with E-state index >= 15 is 0 Å². The molecule has 3 aliphatic rings. The summed E-state index contributed by atoms with van der Waals surface area (Å²) in [6, 6.07) is 8.27. The van der Waals surface area contributed by atoms with Gasteiger partial charge in [0.25, 0.3) is 5.91 Å². The van der Waals surface area contributed by atoms with Gasteiger partial charge in [0, 0.05) is 24.3 Å². The number of aliphatic hydroxyl groups excluding tert-OH is 1. The van der Waals surface area contributed by atoms with Crippen LogP contribution >= 0.6 is 24.0 Å². The minimum absolute atomic E-state index is 0.0274. The molecule has 2 bridgehead atoms. The highest BCUT2D eigenvalue weighted by molar-refractivity contribution is 8.26. The SMILES string of the molecule is O=C1/C(=C/c2oc(-c3ccc(F)cc3)cc2CCCO)SC(=S)N1C1CC2CCC1C2. The van der Waals surface area contributed by atoms with Gasteiger partial charge in [-0.25, -0.2) is 4.39 Å². The molecule has 31 heavy (non-hydrogen) atoms. The van der Waals surface area contributed by atoms with E-state index < -0.39 is 0 Å². The van der Waals surface area contributed by atoms with E-state index in [0.717, 1.165) is 23.5 Å². The number of hydrogen-bond acceptors (Lipinski definition) is 5. The number of amides is 1. The van der Waals surface area contributed by atoms with Crippen LogP contribution in [0.2, 0.25) is 0 Å². The van der Waals surface area contributed by atoms with Crippen molar-refractivity contribution in [3.05, 3.63) is 52.4 Å². The molecule has 0 radical (unpaired) electrons. The predicted molar refractivity (Wildman–Crippen MR) is 124 cm³/mol. The number of nitrogens with zero attached hydrogens (tertiary/aromatic N) is 1. The standard InChI is InChI=1S/C24H24FNO3S2/c25-18-7-5-15(6-8-18)20-12-17(2-1-9-27)21(29-20)13-22-23(28)26(24(30)31-22)19-11-14-3-4-16(19)10-14/h5-8,12-14,16,19,27H,1-4,9-11H2/b22-13-. The fourth-order valence-electron chi connectivity index (χ4n) is 5.20. The van der Waals surface area contributed by atoms with Crippen LogP contribution in [0.4, 0.5) is 4.39 Å². The Hall–Kier alpha value is -1.96. The van der Waals surface area contributed by atoms with Gasteiger partial charge in [0.15, 0.2) is 0 Å². The number of thiocarbonyl (C=S) groups is 1. The largest absolute Gasteiger partial charge is 0.456 e. The van der Waals surface area contributed by atoms with Crippen LogP contribution in [0.15, 0.2) is 39.7 Å². The number of carbonyl (C=O) groups excluding carboxylic acids is 1. The molecule has 5 rings (SSSR count). The number of carbonyl (C=O) groups is 1. The van der Waals surface area contributed by atoms with Crippen LogP contribution in [-0.4, -0.2) is 32.9 Å². The fourth-order valence-corrected chi connectivity index (χ4v) is 6.54. The molecule has 1 aromatic carbocycles. The summed E-state index contributed by atoms with van der Waals surface area (Å²) in [6.45, 7) is 0.0723. The molecule has 162 valence electrons. The van der Waals surface area contributed by atoms with Crippen LogP contribution in [0.5, 0.6) is 0 Å². The van der Waals surface area contributed by atoms with E-state index in [-0.39, 0.29) is 24.4 Å². The van der Waals surface area contributed by atoms with E-state index in [1.165, 1.54) is 43.2 Å². The monoisotopic (exact) mass is 457 g/mol. The summed E-state index contributed by atoms with van der Waals surface area (Å²) in [5.74, 6) is 2.18. The molecule has 3 unspecified atom stereocenters. The number of furan rings is 1. The number of thioether (sulfide) groups is 1. The number of aliphatic hydroxyl groups is 1. The number of halogens is 1. The smallest absolute Gasteiger partial charge is 0.266 e. The number of benzene rings is 1. The predicted octanol–water partition coefficient (Wildman–Crippen LogP) is 5.40. The molecule has 4 nitrogen and oxygen atoms in total. The van der Waals surface area contributed by atoms with Gasteiger partial charge in [-0.2, -0.15) is 0 Å². The molecule has 3 atom stereocenters. The van der Waals surface area contributed by atoms with Crippen LogP contribution in [-0.2, 0) is 11.2 Å². The molecule has 1 saturated heterocycles. The Balaban J connectivity index is 1.44. The van der Waals surface area contributed by atoms with Crippen molar-refractivity contribution in [2.24, 2.45) is 11.8 Å². The quantitative estimate of drug-likeness (QED) is 0.465. The van der Waals surface area contributed by atoms with Gasteiger partial charge in [0.05, 0.1) is 4.91 Å². The molecule has 2 heterocycles. The zero-order valence-corrected chi connectivity index (χ0v) is 18.7. The zero-order valence-electron chi connectivity index (χ0n) is 17.1. The number of fused-ring (bicyclic) bond motifs is 2. The van der Waals surface area contributed by atoms with Gasteiger partial charge in [-0.05, 0) is 79.8 Å². The normalized spacial score (nSPS) is 26.6. The number of rotatable bonds is 6. The second-order valence-corrected chi connectivity index (χ2v) is 10.3. The highest BCUT2D eigenvalue weighted by Gasteiger charge is 2.48. The number of hydrogen-bond donors (Lipinski definition) is 1. The Bertz CT molecular complexity index is 1050. The van der Waals surface area contributed by atoms with Crippen molar-refractivity contribution in [1.82, 2.24) is 4.90 Å². The van der Waals surface area contributed by atoms with Crippen LogP contribution in [0, 0.1) is 17.7 Å². The van der Waals surface area contributed by atoms with Crippen LogP contribution in [0.3, 0.4) is 0 Å². The van der Waals surface area contributed by atoms with E-state index in [0.29, 0.717) is 39.5 Å². The average Bonchev–Trinajstić information content (AvgIpc) is 3.52. The molecule has 1 aliphatic heterocycles. The van der Waals surface area contributed by atoms with E-state index in [1.807, 2.05) is 11.0 Å². The first-order valence-corrected chi connectivity index (χ1v) is 12.0. The summed E-state index contributed by atoms with van der Waals surface area (Å²) < 4.78 is 20.0. The summed E-state index contributed by atoms with van der Waals surface area (Å²) in [5, 5.41) is 9.27. The lowest BCUT2D eigenvalue weighted by Crippen LogP contribution is -2.41. The second kappa shape index (κ2) is 8.52. The fraction of sp³-hybridized carbons (Fsp3) is 0.417. The van der Waals surface area contributed by atoms with Gasteiger partial charge in [-0.3, -0.25) is 9.69 Å². The minimum atomic E-state index is -0.305. The van der Waals surface area contributed by atoms with Crippen molar-refractivity contribution in [3.63, 3.8) is 0 Å². The molecule has 7 heteroatoms. The molecule has 2 saturated carbocycles. The Morgan fingerprint density at radius 2 is 2.06 bits per heavy atom. The van der Waals surface area contributed by atoms with Gasteiger partial charge in [-0.1, -0.05) is 30.4 Å². The van der Waals surface area contributed by atoms with Crippen molar-refractivity contribution in [3.8, 4) is 11.3 Å². The average molecular weight is 458 g/mol. The van der Waals surface area contributed by atoms with Gasteiger partial charge in [-0.15, -0.1) is 0 Å². The molecule has 2 aliphatic carbocycles. The van der Waals surface area contributed by atoms with Crippen molar-refractivity contribution in [2.45, 2.75) is 44.6 Å². The van der Waals surface area contributed by atoms with E-state index in [2.05, 4.69) is 0 Å². The van der Waals surface area contributed by atoms with E-state index in [1.54, 1.807) is 18.2 Å². The first-order valence-electron chi connectivity index (χ1n) is 10.8. The molecule has 0 spiro atoms. The molecule has 2 aromatic rings.